The van der Waals surface area contributed by atoms with Crippen molar-refractivity contribution in [2.75, 3.05) is 12.4 Å². The molecule has 0 aliphatic heterocycles. The molecule has 3 rings (SSSR count). The van der Waals surface area contributed by atoms with Crippen LogP contribution in [-0.2, 0) is 0 Å². The third kappa shape index (κ3) is 2.59. The third-order valence-electron chi connectivity index (χ3n) is 2.78. The van der Waals surface area contributed by atoms with Crippen LogP contribution in [-0.4, -0.2) is 33.2 Å². The first-order valence-electron chi connectivity index (χ1n) is 6.04. The van der Waals surface area contributed by atoms with Gasteiger partial charge in [0.25, 0.3) is 5.91 Å². The molecule has 2 heterocycles. The molecule has 8 heteroatoms. The second-order valence-corrected chi connectivity index (χ2v) is 4.07. The van der Waals surface area contributed by atoms with Crippen LogP contribution in [0, 0.1) is 0 Å². The van der Waals surface area contributed by atoms with Gasteiger partial charge in [0.05, 0.1) is 13.4 Å². The van der Waals surface area contributed by atoms with E-state index in [4.69, 9.17) is 9.15 Å². The Bertz CT molecular complexity index is 737. The van der Waals surface area contributed by atoms with Crippen LogP contribution in [0.3, 0.4) is 0 Å². The first-order valence-corrected chi connectivity index (χ1v) is 6.04. The topological polar surface area (TPSA) is 95.1 Å². The maximum atomic E-state index is 11.9. The minimum Gasteiger partial charge on any atom is -0.494 e. The number of hydrogen-bond donors (Lipinski definition) is 1. The monoisotopic (exact) mass is 285 g/mol. The molecule has 21 heavy (non-hydrogen) atoms. The van der Waals surface area contributed by atoms with Gasteiger partial charge in [-0.25, -0.2) is 0 Å². The molecular weight excluding hydrogens is 274 g/mol. The summed E-state index contributed by atoms with van der Waals surface area (Å²) in [5, 5.41) is 13.7. The van der Waals surface area contributed by atoms with Crippen LogP contribution >= 0.6 is 0 Å². The number of tetrazole rings is 1. The normalized spacial score (nSPS) is 10.3. The Morgan fingerprint density at radius 3 is 2.95 bits per heavy atom. The largest absolute Gasteiger partial charge is 0.494 e. The Balaban J connectivity index is 1.90. The molecule has 1 N–H and O–H groups in total. The van der Waals surface area contributed by atoms with Gasteiger partial charge in [0.15, 0.2) is 5.76 Å². The summed E-state index contributed by atoms with van der Waals surface area (Å²) in [6.07, 6.45) is 2.88. The van der Waals surface area contributed by atoms with Gasteiger partial charge in [0.2, 0.25) is 0 Å². The molecule has 0 aliphatic carbocycles. The quantitative estimate of drug-likeness (QED) is 0.780. The number of carbonyl (C=O) groups excluding carboxylic acids is 1. The van der Waals surface area contributed by atoms with Crippen LogP contribution in [0.15, 0.2) is 47.3 Å². The van der Waals surface area contributed by atoms with Crippen molar-refractivity contribution in [3.63, 3.8) is 0 Å². The van der Waals surface area contributed by atoms with Crippen molar-refractivity contribution in [3.8, 4) is 11.4 Å². The number of methoxy groups -OCH3 is 1. The number of nitrogens with zero attached hydrogens (tertiary/aromatic N) is 4. The standard InChI is InChI=1S/C13H11N5O3/c1-20-11-5-4-9(7-10(11)18-8-14-16-17-18)15-13(19)12-3-2-6-21-12/h2-8H,1H3,(H,15,19). The second-order valence-electron chi connectivity index (χ2n) is 4.07. The Labute approximate surface area is 119 Å². The molecule has 0 fully saturated rings. The van der Waals surface area contributed by atoms with Crippen LogP contribution in [0.25, 0.3) is 5.69 Å². The highest BCUT2D eigenvalue weighted by Crippen LogP contribution is 2.25. The van der Waals surface area contributed by atoms with Gasteiger partial charge >= 0.3 is 0 Å². The minimum atomic E-state index is -0.340. The average Bonchev–Trinajstić information content (AvgIpc) is 3.20. The summed E-state index contributed by atoms with van der Waals surface area (Å²) in [6.45, 7) is 0. The van der Waals surface area contributed by atoms with Gasteiger partial charge in [-0.05, 0) is 40.8 Å². The third-order valence-corrected chi connectivity index (χ3v) is 2.78. The van der Waals surface area contributed by atoms with Gasteiger partial charge in [-0.2, -0.15) is 4.68 Å². The lowest BCUT2D eigenvalue weighted by Gasteiger charge is -2.10. The molecule has 0 saturated heterocycles. The number of amides is 1. The smallest absolute Gasteiger partial charge is 0.291 e. The molecule has 1 amide bonds. The van der Waals surface area contributed by atoms with E-state index in [1.165, 1.54) is 17.3 Å². The average molecular weight is 285 g/mol. The molecule has 106 valence electrons. The molecule has 0 spiro atoms. The van der Waals surface area contributed by atoms with Gasteiger partial charge in [-0.15, -0.1) is 5.10 Å². The lowest BCUT2D eigenvalue weighted by Crippen LogP contribution is -2.11. The van der Waals surface area contributed by atoms with Crippen LogP contribution in [0.2, 0.25) is 0 Å². The fourth-order valence-corrected chi connectivity index (χ4v) is 1.82. The van der Waals surface area contributed by atoms with Gasteiger partial charge in [-0.3, -0.25) is 4.79 Å². The molecule has 0 unspecified atom stereocenters. The molecule has 0 radical (unpaired) electrons. The molecule has 3 aromatic rings. The fraction of sp³-hybridized carbons (Fsp3) is 0.0769. The van der Waals surface area contributed by atoms with Crippen LogP contribution in [0.4, 0.5) is 5.69 Å². The van der Waals surface area contributed by atoms with E-state index in [-0.39, 0.29) is 11.7 Å². The summed E-state index contributed by atoms with van der Waals surface area (Å²) >= 11 is 0. The van der Waals surface area contributed by atoms with Crippen molar-refractivity contribution in [2.24, 2.45) is 0 Å². The minimum absolute atomic E-state index is 0.231. The molecule has 8 nitrogen and oxygen atoms in total. The number of carbonyl (C=O) groups is 1. The molecule has 0 atom stereocenters. The predicted molar refractivity (Wildman–Crippen MR) is 72.4 cm³/mol. The van der Waals surface area contributed by atoms with Crippen LogP contribution < -0.4 is 10.1 Å². The van der Waals surface area contributed by atoms with Crippen molar-refractivity contribution in [3.05, 3.63) is 48.7 Å². The summed E-state index contributed by atoms with van der Waals surface area (Å²) in [7, 11) is 1.55. The van der Waals surface area contributed by atoms with E-state index in [0.29, 0.717) is 17.1 Å². The summed E-state index contributed by atoms with van der Waals surface area (Å²) in [5.74, 6) is 0.473. The fourth-order valence-electron chi connectivity index (χ4n) is 1.82. The highest BCUT2D eigenvalue weighted by molar-refractivity contribution is 6.02. The molecular formula is C13H11N5O3. The second kappa shape index (κ2) is 5.45. The number of rotatable bonds is 4. The number of hydrogen-bond acceptors (Lipinski definition) is 6. The maximum Gasteiger partial charge on any atom is 0.291 e. The van der Waals surface area contributed by atoms with E-state index in [0.717, 1.165) is 0 Å². The van der Waals surface area contributed by atoms with E-state index in [1.807, 2.05) is 0 Å². The van der Waals surface area contributed by atoms with Crippen LogP contribution in [0.5, 0.6) is 5.75 Å². The summed E-state index contributed by atoms with van der Waals surface area (Å²) < 4.78 is 11.7. The molecule has 0 aliphatic rings. The zero-order valence-electron chi connectivity index (χ0n) is 11.1. The SMILES string of the molecule is COc1ccc(NC(=O)c2ccco2)cc1-n1cnnn1. The zero-order valence-corrected chi connectivity index (χ0v) is 11.1. The molecule has 1 aromatic carbocycles. The Morgan fingerprint density at radius 2 is 2.29 bits per heavy atom. The zero-order chi connectivity index (χ0) is 14.7. The number of benzene rings is 1. The highest BCUT2D eigenvalue weighted by atomic mass is 16.5. The number of nitrogens with one attached hydrogen (secondary N) is 1. The summed E-state index contributed by atoms with van der Waals surface area (Å²) in [4.78, 5) is 11.9. The molecule has 2 aromatic heterocycles. The summed E-state index contributed by atoms with van der Waals surface area (Å²) in [5.41, 5.74) is 1.18. The molecule has 0 bridgehead atoms. The number of aromatic nitrogens is 4. The van der Waals surface area contributed by atoms with E-state index >= 15 is 0 Å². The predicted octanol–water partition coefficient (Wildman–Crippen LogP) is 1.52. The molecule has 0 saturated carbocycles. The van der Waals surface area contributed by atoms with E-state index in [9.17, 15) is 4.79 Å². The van der Waals surface area contributed by atoms with E-state index < -0.39 is 0 Å². The summed E-state index contributed by atoms with van der Waals surface area (Å²) in [6, 6.07) is 8.37. The lowest BCUT2D eigenvalue weighted by molar-refractivity contribution is 0.0996. The number of furan rings is 1. The lowest BCUT2D eigenvalue weighted by atomic mass is 10.2. The van der Waals surface area contributed by atoms with Crippen LogP contribution in [0.1, 0.15) is 10.6 Å². The van der Waals surface area contributed by atoms with Crippen molar-refractivity contribution in [1.82, 2.24) is 20.2 Å². The van der Waals surface area contributed by atoms with Gasteiger partial charge in [-0.1, -0.05) is 0 Å². The van der Waals surface area contributed by atoms with Gasteiger partial charge in [0.1, 0.15) is 17.8 Å². The van der Waals surface area contributed by atoms with Gasteiger partial charge in [0, 0.05) is 5.69 Å². The van der Waals surface area contributed by atoms with Gasteiger partial charge < -0.3 is 14.5 Å². The van der Waals surface area contributed by atoms with Crippen molar-refractivity contribution in [2.45, 2.75) is 0 Å². The number of anilines is 1. The Hall–Kier alpha value is -3.16. The first-order chi connectivity index (χ1) is 10.3. The van der Waals surface area contributed by atoms with Crippen molar-refractivity contribution < 1.29 is 13.9 Å². The number of ether oxygens (including phenoxy) is 1. The Morgan fingerprint density at radius 1 is 1.38 bits per heavy atom. The van der Waals surface area contributed by atoms with Crippen molar-refractivity contribution >= 4 is 11.6 Å². The first kappa shape index (κ1) is 12.9. The Kier molecular flexibility index (Phi) is 3.34. The van der Waals surface area contributed by atoms with E-state index in [2.05, 4.69) is 20.8 Å². The highest BCUT2D eigenvalue weighted by Gasteiger charge is 2.12. The van der Waals surface area contributed by atoms with Crippen molar-refractivity contribution in [1.29, 1.82) is 0 Å². The van der Waals surface area contributed by atoms with E-state index in [1.54, 1.807) is 37.4 Å². The maximum absolute atomic E-state index is 11.9.